The van der Waals surface area contributed by atoms with Gasteiger partial charge in [-0.2, -0.15) is 0 Å². The summed E-state index contributed by atoms with van der Waals surface area (Å²) in [4.78, 5) is 20.0. The molecule has 0 unspecified atom stereocenters. The number of nitrogens with one attached hydrogen (secondary N) is 2. The molecule has 1 aromatic heterocycles. The van der Waals surface area contributed by atoms with Gasteiger partial charge in [-0.15, -0.1) is 0 Å². The fraction of sp³-hybridized carbons (Fsp3) is 0.440. The molecule has 0 bridgehead atoms. The van der Waals surface area contributed by atoms with Gasteiger partial charge in [0.25, 0.3) is 5.91 Å². The van der Waals surface area contributed by atoms with E-state index in [2.05, 4.69) is 56.8 Å². The van der Waals surface area contributed by atoms with Gasteiger partial charge in [0.05, 0.1) is 16.1 Å². The molecule has 0 atom stereocenters. The average molecular weight is 526 g/mol. The summed E-state index contributed by atoms with van der Waals surface area (Å²) in [5.41, 5.74) is 1.10. The predicted octanol–water partition coefficient (Wildman–Crippen LogP) is 7.62. The first-order chi connectivity index (χ1) is 16.4. The molecule has 0 spiro atoms. The molecule has 2 aromatic carbocycles. The summed E-state index contributed by atoms with van der Waals surface area (Å²) in [5, 5.41) is 2.35. The van der Waals surface area contributed by atoms with E-state index >= 15 is 0 Å². The first-order valence-electron chi connectivity index (χ1n) is 11.6. The number of hydrogen-bond acceptors (Lipinski definition) is 3. The number of carbonyl (C=O) groups excluding carboxylic acids is 1. The number of carbonyl (C=O) groups is 1. The molecule has 3 rings (SSSR count). The maximum Gasteiger partial charge on any atom is 0.257 e. The lowest BCUT2D eigenvalue weighted by Gasteiger charge is -2.42. The smallest absolute Gasteiger partial charge is 0.257 e. The van der Waals surface area contributed by atoms with Crippen molar-refractivity contribution in [2.24, 2.45) is 0 Å². The molecule has 0 radical (unpaired) electrons. The largest absolute Gasteiger partial charge is 0.416 e. The molecule has 1 amide bonds. The van der Waals surface area contributed by atoms with Crippen LogP contribution in [0.3, 0.4) is 0 Å². The normalized spacial score (nSPS) is 12.4. The number of benzene rings is 2. The second-order valence-corrected chi connectivity index (χ2v) is 15.5. The van der Waals surface area contributed by atoms with Gasteiger partial charge in [-0.25, -0.2) is 18.2 Å². The van der Waals surface area contributed by atoms with E-state index in [0.29, 0.717) is 35.5 Å². The van der Waals surface area contributed by atoms with Crippen molar-refractivity contribution in [2.45, 2.75) is 64.6 Å². The highest BCUT2D eigenvalue weighted by Gasteiger charge is 2.44. The van der Waals surface area contributed by atoms with Crippen molar-refractivity contribution in [3.63, 3.8) is 0 Å². The minimum Gasteiger partial charge on any atom is -0.416 e. The fourth-order valence-electron chi connectivity index (χ4n) is 5.05. The van der Waals surface area contributed by atoms with Crippen molar-refractivity contribution < 1.29 is 22.4 Å². The molecule has 3 aromatic rings. The molecule has 5 nitrogen and oxygen atoms in total. The average Bonchev–Trinajstić information content (AvgIpc) is 3.19. The van der Waals surface area contributed by atoms with Crippen molar-refractivity contribution in [2.75, 3.05) is 11.9 Å². The van der Waals surface area contributed by atoms with E-state index in [4.69, 9.17) is 16.0 Å². The Morgan fingerprint density at radius 3 is 2.26 bits per heavy atom. The lowest BCUT2D eigenvalue weighted by molar-refractivity contribution is 0.102. The Morgan fingerprint density at radius 2 is 1.69 bits per heavy atom. The van der Waals surface area contributed by atoms with Gasteiger partial charge in [-0.05, 0) is 40.9 Å². The number of anilines is 1. The first-order valence-corrected chi connectivity index (χ1v) is 14.2. The number of H-pyrrole nitrogens is 1. The summed E-state index contributed by atoms with van der Waals surface area (Å²) in [6, 6.07) is 4.46. The van der Waals surface area contributed by atoms with Crippen molar-refractivity contribution in [1.29, 1.82) is 0 Å². The van der Waals surface area contributed by atoms with Crippen molar-refractivity contribution in [3.05, 3.63) is 58.1 Å². The Hall–Kier alpha value is -2.36. The van der Waals surface area contributed by atoms with E-state index in [0.717, 1.165) is 12.1 Å². The molecule has 2 N–H and O–H groups in total. The molecular formula is C25H31ClF3N3O2Si. The molecule has 190 valence electrons. The lowest BCUT2D eigenvalue weighted by atomic mass is 10.1. The Balaban J connectivity index is 1.87. The number of halogens is 4. The number of fused-ring (bicyclic) bond motifs is 1. The fourth-order valence-corrected chi connectivity index (χ4v) is 10.7. The summed E-state index contributed by atoms with van der Waals surface area (Å²) in [7, 11) is -2.10. The monoisotopic (exact) mass is 525 g/mol. The maximum absolute atomic E-state index is 14.5. The van der Waals surface area contributed by atoms with Gasteiger partial charge in [-0.1, -0.05) is 53.1 Å². The van der Waals surface area contributed by atoms with Crippen molar-refractivity contribution in [3.8, 4) is 0 Å². The second-order valence-electron chi connectivity index (χ2n) is 9.63. The Morgan fingerprint density at radius 1 is 1.06 bits per heavy atom. The number of aromatic nitrogens is 2. The number of nitrogens with zero attached hydrogens (tertiary/aromatic N) is 1. The van der Waals surface area contributed by atoms with Crippen molar-refractivity contribution >= 4 is 42.5 Å². The predicted molar refractivity (Wildman–Crippen MR) is 136 cm³/mol. The van der Waals surface area contributed by atoms with Gasteiger partial charge < -0.3 is 14.7 Å². The highest BCUT2D eigenvalue weighted by molar-refractivity contribution is 6.77. The van der Waals surface area contributed by atoms with Crippen LogP contribution in [0.15, 0.2) is 24.3 Å². The molecule has 35 heavy (non-hydrogen) atoms. The van der Waals surface area contributed by atoms with E-state index in [9.17, 15) is 18.0 Å². The van der Waals surface area contributed by atoms with Gasteiger partial charge in [0, 0.05) is 18.7 Å². The van der Waals surface area contributed by atoms with Crippen LogP contribution in [-0.2, 0) is 10.8 Å². The third-order valence-electron chi connectivity index (χ3n) is 6.53. The van der Waals surface area contributed by atoms with Crippen LogP contribution < -0.4 is 5.32 Å². The zero-order chi connectivity index (χ0) is 26.1. The van der Waals surface area contributed by atoms with Gasteiger partial charge >= 0.3 is 0 Å². The molecule has 0 saturated carbocycles. The molecule has 0 aliphatic heterocycles. The lowest BCUT2D eigenvalue weighted by Crippen LogP contribution is -2.48. The number of rotatable bonds is 9. The SMILES string of the molecule is CC(C)[Si](OCCc1nc2c(F)c(F)cc(C(=O)Nc3ccc(F)c(Cl)c3)c2[nH]1)(C(C)C)C(C)C. The van der Waals surface area contributed by atoms with E-state index < -0.39 is 31.7 Å². The van der Waals surface area contributed by atoms with Gasteiger partial charge in [0.15, 0.2) is 20.0 Å². The van der Waals surface area contributed by atoms with Crippen molar-refractivity contribution in [1.82, 2.24) is 9.97 Å². The Bertz CT molecular complexity index is 1210. The third kappa shape index (κ3) is 5.41. The molecule has 0 aliphatic rings. The van der Waals surface area contributed by atoms with E-state index in [1.807, 2.05) is 0 Å². The van der Waals surface area contributed by atoms with Crippen LogP contribution >= 0.6 is 11.6 Å². The Kier molecular flexibility index (Phi) is 8.34. The number of amides is 1. The molecule has 1 heterocycles. The Labute approximate surface area is 209 Å². The summed E-state index contributed by atoms with van der Waals surface area (Å²) in [6.45, 7) is 13.5. The summed E-state index contributed by atoms with van der Waals surface area (Å²) >= 11 is 5.77. The van der Waals surface area contributed by atoms with Crippen LogP contribution in [0.25, 0.3) is 11.0 Å². The summed E-state index contributed by atoms with van der Waals surface area (Å²) < 4.78 is 48.8. The minimum atomic E-state index is -2.10. The van der Waals surface area contributed by atoms with E-state index in [1.54, 1.807) is 0 Å². The van der Waals surface area contributed by atoms with Gasteiger partial charge in [0.1, 0.15) is 17.2 Å². The minimum absolute atomic E-state index is 0.0738. The maximum atomic E-state index is 14.5. The van der Waals surface area contributed by atoms with Crippen LogP contribution in [-0.4, -0.2) is 30.8 Å². The van der Waals surface area contributed by atoms with Gasteiger partial charge in [0.2, 0.25) is 0 Å². The number of aromatic amines is 1. The standard InChI is InChI=1S/C25H31ClF3N3O2Si/c1-13(2)35(14(3)4,15(5)6)34-10-9-21-31-23-17(12-20(28)22(29)24(23)32-21)25(33)30-16-7-8-19(27)18(26)11-16/h7-8,11-15H,9-10H2,1-6H3,(H,30,33)(H,31,32). The van der Waals surface area contributed by atoms with Crippen LogP contribution in [0.5, 0.6) is 0 Å². The number of hydrogen-bond donors (Lipinski definition) is 2. The molecule has 0 fully saturated rings. The summed E-state index contributed by atoms with van der Waals surface area (Å²) in [5.74, 6) is -3.30. The van der Waals surface area contributed by atoms with Crippen LogP contribution in [0.1, 0.15) is 57.7 Å². The zero-order valence-electron chi connectivity index (χ0n) is 20.7. The van der Waals surface area contributed by atoms with Crippen LogP contribution in [0.2, 0.25) is 21.6 Å². The zero-order valence-corrected chi connectivity index (χ0v) is 22.5. The van der Waals surface area contributed by atoms with E-state index in [1.165, 1.54) is 12.1 Å². The molecular weight excluding hydrogens is 495 g/mol. The quantitative estimate of drug-likeness (QED) is 0.282. The van der Waals surface area contributed by atoms with Crippen LogP contribution in [0, 0.1) is 17.5 Å². The summed E-state index contributed by atoms with van der Waals surface area (Å²) in [6.07, 6.45) is 0.352. The highest BCUT2D eigenvalue weighted by Crippen LogP contribution is 2.42. The molecule has 0 saturated heterocycles. The first kappa shape index (κ1) is 27.2. The molecule has 0 aliphatic carbocycles. The number of imidazole rings is 1. The topological polar surface area (TPSA) is 67.0 Å². The molecule has 10 heteroatoms. The van der Waals surface area contributed by atoms with Gasteiger partial charge in [-0.3, -0.25) is 4.79 Å². The van der Waals surface area contributed by atoms with Crippen LogP contribution in [0.4, 0.5) is 18.9 Å². The second kappa shape index (κ2) is 10.7. The highest BCUT2D eigenvalue weighted by atomic mass is 35.5. The van der Waals surface area contributed by atoms with E-state index in [-0.39, 0.29) is 27.3 Å². The third-order valence-corrected chi connectivity index (χ3v) is 12.9.